The van der Waals surface area contributed by atoms with Crippen molar-refractivity contribution in [3.8, 4) is 11.5 Å². The van der Waals surface area contributed by atoms with Gasteiger partial charge in [-0.05, 0) is 98.4 Å². The molecular weight excluding hydrogens is 521 g/mol. The van der Waals surface area contributed by atoms with Crippen LogP contribution in [0.1, 0.15) is 56.6 Å². The molecule has 3 aliphatic rings. The summed E-state index contributed by atoms with van der Waals surface area (Å²) in [6, 6.07) is 13.3. The van der Waals surface area contributed by atoms with Crippen LogP contribution in [0.2, 0.25) is 0 Å². The van der Waals surface area contributed by atoms with E-state index in [4.69, 9.17) is 4.74 Å². The second kappa shape index (κ2) is 11.6. The van der Waals surface area contributed by atoms with Gasteiger partial charge in [-0.1, -0.05) is 24.3 Å². The Kier molecular flexibility index (Phi) is 8.21. The van der Waals surface area contributed by atoms with Crippen LogP contribution in [0.4, 0.5) is 13.2 Å². The molecule has 6 nitrogen and oxygen atoms in total. The second-order valence-electron chi connectivity index (χ2n) is 11.4. The Morgan fingerprint density at radius 3 is 2.60 bits per heavy atom. The first-order valence-corrected chi connectivity index (χ1v) is 13.9. The molecule has 3 atom stereocenters. The Labute approximate surface area is 232 Å². The number of carbonyl (C=O) groups is 2. The molecular formula is C31H35F3N2O4. The van der Waals surface area contributed by atoms with Crippen molar-refractivity contribution in [2.75, 3.05) is 19.6 Å². The Balaban J connectivity index is 1.30. The molecule has 2 aromatic carbocycles. The molecule has 1 aliphatic heterocycles. The van der Waals surface area contributed by atoms with E-state index in [1.165, 1.54) is 50.1 Å². The molecule has 214 valence electrons. The van der Waals surface area contributed by atoms with Gasteiger partial charge in [0.25, 0.3) is 0 Å². The number of esters is 1. The normalized spacial score (nSPS) is 25.3. The van der Waals surface area contributed by atoms with Gasteiger partial charge in [0.1, 0.15) is 11.5 Å². The summed E-state index contributed by atoms with van der Waals surface area (Å²) in [4.78, 5) is 27.1. The van der Waals surface area contributed by atoms with Crippen LogP contribution in [0.15, 0.2) is 54.6 Å². The van der Waals surface area contributed by atoms with Crippen molar-refractivity contribution in [1.29, 1.82) is 0 Å². The van der Waals surface area contributed by atoms with Crippen molar-refractivity contribution in [2.24, 2.45) is 11.8 Å². The standard InChI is InChI=1S/C31H35F3N2O4/c1-21(37)39-27-6-3-5-24(17-27)30-14-15-36(19-23-8-9-23)20-25(30)11-12-26(18-30)35-29(38)13-10-22-4-2-7-28(16-22)40-31(32,33)34/h2-7,10,13,16-17,23,25-26H,8-9,11-12,14-15,18-20H2,1H3,(H,35,38). The number of hydrogen-bond donors (Lipinski definition) is 1. The highest BCUT2D eigenvalue weighted by Gasteiger charge is 2.48. The number of alkyl halides is 3. The van der Waals surface area contributed by atoms with Crippen LogP contribution in [0.3, 0.4) is 0 Å². The van der Waals surface area contributed by atoms with Gasteiger partial charge in [0, 0.05) is 37.5 Å². The van der Waals surface area contributed by atoms with Crippen LogP contribution in [-0.2, 0) is 15.0 Å². The average Bonchev–Trinajstić information content (AvgIpc) is 3.71. The first-order valence-electron chi connectivity index (χ1n) is 13.9. The molecule has 40 heavy (non-hydrogen) atoms. The first-order chi connectivity index (χ1) is 19.1. The molecule has 2 aliphatic carbocycles. The lowest BCUT2D eigenvalue weighted by atomic mass is 9.58. The monoisotopic (exact) mass is 556 g/mol. The number of fused-ring (bicyclic) bond motifs is 1. The molecule has 0 spiro atoms. The van der Waals surface area contributed by atoms with Crippen molar-refractivity contribution in [3.05, 3.63) is 65.7 Å². The van der Waals surface area contributed by atoms with Crippen molar-refractivity contribution < 1.29 is 32.2 Å². The zero-order chi connectivity index (χ0) is 28.3. The van der Waals surface area contributed by atoms with E-state index < -0.39 is 6.36 Å². The summed E-state index contributed by atoms with van der Waals surface area (Å²) in [5.41, 5.74) is 1.42. The Bertz CT molecular complexity index is 1260. The zero-order valence-electron chi connectivity index (χ0n) is 22.6. The number of rotatable bonds is 8. The van der Waals surface area contributed by atoms with Crippen molar-refractivity contribution in [3.63, 3.8) is 0 Å². The second-order valence-corrected chi connectivity index (χ2v) is 11.4. The van der Waals surface area contributed by atoms with Gasteiger partial charge >= 0.3 is 12.3 Å². The van der Waals surface area contributed by atoms with Crippen molar-refractivity contribution >= 4 is 18.0 Å². The Morgan fingerprint density at radius 2 is 1.85 bits per heavy atom. The molecule has 5 rings (SSSR count). The maximum Gasteiger partial charge on any atom is 0.573 e. The van der Waals surface area contributed by atoms with Gasteiger partial charge in [0.15, 0.2) is 0 Å². The largest absolute Gasteiger partial charge is 0.573 e. The van der Waals surface area contributed by atoms with E-state index in [0.717, 1.165) is 56.8 Å². The van der Waals surface area contributed by atoms with Gasteiger partial charge in [-0.3, -0.25) is 9.59 Å². The molecule has 0 aromatic heterocycles. The number of benzene rings is 2. The van der Waals surface area contributed by atoms with Crippen molar-refractivity contribution in [1.82, 2.24) is 10.2 Å². The first kappa shape index (κ1) is 28.2. The average molecular weight is 557 g/mol. The summed E-state index contributed by atoms with van der Waals surface area (Å²) in [5, 5.41) is 3.13. The SMILES string of the molecule is CC(=O)Oc1cccc(C23CCN(CC4CC4)CC2CCC(NC(=O)C=Cc2cccc(OC(F)(F)F)c2)C3)c1. The summed E-state index contributed by atoms with van der Waals surface area (Å²) in [6.45, 7) is 4.55. The van der Waals surface area contributed by atoms with Gasteiger partial charge in [-0.2, -0.15) is 0 Å². The number of hydrogen-bond acceptors (Lipinski definition) is 5. The summed E-state index contributed by atoms with van der Waals surface area (Å²) >= 11 is 0. The number of halogens is 3. The summed E-state index contributed by atoms with van der Waals surface area (Å²) < 4.78 is 47.0. The van der Waals surface area contributed by atoms with E-state index in [1.807, 2.05) is 12.1 Å². The van der Waals surface area contributed by atoms with E-state index >= 15 is 0 Å². The molecule has 1 saturated heterocycles. The van der Waals surface area contributed by atoms with Gasteiger partial charge in [0.05, 0.1) is 0 Å². The minimum atomic E-state index is -4.78. The van der Waals surface area contributed by atoms with Crippen LogP contribution in [0.25, 0.3) is 6.08 Å². The van der Waals surface area contributed by atoms with Gasteiger partial charge in [-0.25, -0.2) is 0 Å². The Morgan fingerprint density at radius 1 is 1.07 bits per heavy atom. The highest BCUT2D eigenvalue weighted by Crippen LogP contribution is 2.50. The van der Waals surface area contributed by atoms with Crippen LogP contribution >= 0.6 is 0 Å². The van der Waals surface area contributed by atoms with Gasteiger partial charge in [-0.15, -0.1) is 13.2 Å². The molecule has 3 fully saturated rings. The third-order valence-corrected chi connectivity index (χ3v) is 8.36. The third-order valence-electron chi connectivity index (χ3n) is 8.36. The van der Waals surface area contributed by atoms with E-state index in [-0.39, 0.29) is 29.1 Å². The fraction of sp³-hybridized carbons (Fsp3) is 0.484. The molecule has 1 amide bonds. The minimum absolute atomic E-state index is 0.0549. The van der Waals surface area contributed by atoms with E-state index in [1.54, 1.807) is 12.1 Å². The predicted molar refractivity (Wildman–Crippen MR) is 145 cm³/mol. The highest BCUT2D eigenvalue weighted by molar-refractivity contribution is 5.92. The highest BCUT2D eigenvalue weighted by atomic mass is 19.4. The molecule has 0 bridgehead atoms. The Hall–Kier alpha value is -3.33. The number of ether oxygens (including phenoxy) is 2. The van der Waals surface area contributed by atoms with Crippen LogP contribution in [0.5, 0.6) is 11.5 Å². The lowest BCUT2D eigenvalue weighted by Gasteiger charge is -2.53. The fourth-order valence-corrected chi connectivity index (χ4v) is 6.44. The fourth-order valence-electron chi connectivity index (χ4n) is 6.44. The molecule has 2 saturated carbocycles. The minimum Gasteiger partial charge on any atom is -0.427 e. The smallest absolute Gasteiger partial charge is 0.427 e. The topological polar surface area (TPSA) is 67.9 Å². The molecule has 1 N–H and O–H groups in total. The maximum absolute atomic E-state index is 12.9. The number of likely N-dealkylation sites (tertiary alicyclic amines) is 1. The molecule has 3 unspecified atom stereocenters. The summed E-state index contributed by atoms with van der Waals surface area (Å²) in [5.74, 6) is 0.793. The molecule has 9 heteroatoms. The quantitative estimate of drug-likeness (QED) is 0.251. The number of carbonyl (C=O) groups excluding carboxylic acids is 2. The zero-order valence-corrected chi connectivity index (χ0v) is 22.6. The van der Waals surface area contributed by atoms with Gasteiger partial charge < -0.3 is 19.7 Å². The maximum atomic E-state index is 12.9. The van der Waals surface area contributed by atoms with Crippen LogP contribution in [-0.4, -0.2) is 48.8 Å². The van der Waals surface area contributed by atoms with E-state index in [0.29, 0.717) is 17.2 Å². The summed E-state index contributed by atoms with van der Waals surface area (Å²) in [6.07, 6.45) is 4.24. The number of piperidine rings is 1. The molecule has 2 aromatic rings. The van der Waals surface area contributed by atoms with E-state index in [2.05, 4.69) is 21.0 Å². The number of amides is 1. The molecule has 1 heterocycles. The molecule has 0 radical (unpaired) electrons. The number of nitrogens with one attached hydrogen (secondary N) is 1. The third kappa shape index (κ3) is 7.24. The van der Waals surface area contributed by atoms with Gasteiger partial charge in [0.2, 0.25) is 5.91 Å². The summed E-state index contributed by atoms with van der Waals surface area (Å²) in [7, 11) is 0. The van der Waals surface area contributed by atoms with Crippen LogP contribution in [0, 0.1) is 11.8 Å². The lowest BCUT2D eigenvalue weighted by Crippen LogP contribution is -2.56. The lowest BCUT2D eigenvalue weighted by molar-refractivity contribution is -0.274. The predicted octanol–water partition coefficient (Wildman–Crippen LogP) is 5.86. The van der Waals surface area contributed by atoms with Crippen molar-refractivity contribution in [2.45, 2.75) is 63.3 Å². The van der Waals surface area contributed by atoms with Crippen LogP contribution < -0.4 is 14.8 Å². The number of nitrogens with zero attached hydrogens (tertiary/aromatic N) is 1. The van der Waals surface area contributed by atoms with E-state index in [9.17, 15) is 22.8 Å².